The number of nitrogens with zero attached hydrogens (tertiary/aromatic N) is 2. The summed E-state index contributed by atoms with van der Waals surface area (Å²) in [4.78, 5) is 19.1. The van der Waals surface area contributed by atoms with Crippen LogP contribution < -0.4 is 5.32 Å². The molecule has 1 amide bonds. The van der Waals surface area contributed by atoms with Crippen molar-refractivity contribution in [2.45, 2.75) is 39.5 Å². The monoisotopic (exact) mass is 405 g/mol. The Morgan fingerprint density at radius 3 is 2.67 bits per heavy atom. The summed E-state index contributed by atoms with van der Waals surface area (Å²) in [7, 11) is 0. The fraction of sp³-hybridized carbons (Fsp3) is 0.440. The molecule has 1 spiro atoms. The number of phenols is 1. The minimum atomic E-state index is -0.0172. The first kappa shape index (κ1) is 20.6. The van der Waals surface area contributed by atoms with E-state index in [4.69, 9.17) is 0 Å². The Balaban J connectivity index is 1.70. The van der Waals surface area contributed by atoms with E-state index in [9.17, 15) is 9.90 Å². The molecule has 1 saturated heterocycles. The van der Waals surface area contributed by atoms with Gasteiger partial charge in [-0.15, -0.1) is 0 Å². The summed E-state index contributed by atoms with van der Waals surface area (Å²) in [5.41, 5.74) is 5.07. The number of nitrogens with one attached hydrogen (secondary N) is 1. The standard InChI is InChI=1S/C25H31N3O2/c1-3-13-28(4-2)24(30)23-8-6-19(17-27-23)22-16-25(9-11-26-12-10-25)15-18-5-7-20(29)14-21(18)22/h5-8,14,16-17,26,29H,3-4,9-13,15H2,1-2H3. The Morgan fingerprint density at radius 2 is 2.00 bits per heavy atom. The average molecular weight is 406 g/mol. The van der Waals surface area contributed by atoms with Gasteiger partial charge in [0.1, 0.15) is 11.4 Å². The lowest BCUT2D eigenvalue weighted by Gasteiger charge is -2.39. The Morgan fingerprint density at radius 1 is 1.20 bits per heavy atom. The molecule has 5 nitrogen and oxygen atoms in total. The van der Waals surface area contributed by atoms with Gasteiger partial charge in [-0.1, -0.05) is 25.1 Å². The molecular weight excluding hydrogens is 374 g/mol. The van der Waals surface area contributed by atoms with Crippen LogP contribution in [-0.2, 0) is 6.42 Å². The highest BCUT2D eigenvalue weighted by Crippen LogP contribution is 2.45. The number of allylic oxidation sites excluding steroid dienone is 1. The molecule has 2 aromatic rings. The quantitative estimate of drug-likeness (QED) is 0.789. The van der Waals surface area contributed by atoms with Gasteiger partial charge in [0, 0.05) is 24.8 Å². The van der Waals surface area contributed by atoms with Crippen LogP contribution >= 0.6 is 0 Å². The minimum absolute atomic E-state index is 0.0172. The molecule has 1 aromatic heterocycles. The largest absolute Gasteiger partial charge is 0.508 e. The molecule has 1 aliphatic heterocycles. The van der Waals surface area contributed by atoms with Crippen molar-refractivity contribution in [1.82, 2.24) is 15.2 Å². The lowest BCUT2D eigenvalue weighted by atomic mass is 9.67. The van der Waals surface area contributed by atoms with E-state index < -0.39 is 0 Å². The van der Waals surface area contributed by atoms with Crippen molar-refractivity contribution in [1.29, 1.82) is 0 Å². The minimum Gasteiger partial charge on any atom is -0.508 e. The van der Waals surface area contributed by atoms with Crippen LogP contribution in [0, 0.1) is 5.41 Å². The van der Waals surface area contributed by atoms with Crippen LogP contribution in [0.3, 0.4) is 0 Å². The molecule has 4 rings (SSSR count). The summed E-state index contributed by atoms with van der Waals surface area (Å²) in [5.74, 6) is 0.259. The molecule has 1 aromatic carbocycles. The Labute approximate surface area is 178 Å². The average Bonchev–Trinajstić information content (AvgIpc) is 2.77. The first-order valence-electron chi connectivity index (χ1n) is 11.1. The molecule has 2 aliphatic rings. The summed E-state index contributed by atoms with van der Waals surface area (Å²) in [6.45, 7) is 7.54. The van der Waals surface area contributed by atoms with E-state index in [1.807, 2.05) is 36.2 Å². The smallest absolute Gasteiger partial charge is 0.272 e. The number of aromatic nitrogens is 1. The zero-order valence-corrected chi connectivity index (χ0v) is 17.9. The number of hydrogen-bond donors (Lipinski definition) is 2. The molecular formula is C25H31N3O2. The van der Waals surface area contributed by atoms with Gasteiger partial charge in [0.25, 0.3) is 5.91 Å². The number of amides is 1. The molecule has 2 N–H and O–H groups in total. The van der Waals surface area contributed by atoms with Gasteiger partial charge in [-0.2, -0.15) is 0 Å². The van der Waals surface area contributed by atoms with Crippen molar-refractivity contribution in [2.24, 2.45) is 5.41 Å². The topological polar surface area (TPSA) is 65.5 Å². The molecule has 1 fully saturated rings. The van der Waals surface area contributed by atoms with E-state index in [0.29, 0.717) is 12.2 Å². The van der Waals surface area contributed by atoms with Crippen molar-refractivity contribution in [3.05, 3.63) is 65.0 Å². The number of phenolic OH excluding ortho intramolecular Hbond substituents is 1. The molecule has 0 radical (unpaired) electrons. The molecule has 0 saturated carbocycles. The second-order valence-corrected chi connectivity index (χ2v) is 8.51. The first-order chi connectivity index (χ1) is 14.5. The molecule has 5 heteroatoms. The second-order valence-electron chi connectivity index (χ2n) is 8.51. The molecule has 158 valence electrons. The third kappa shape index (κ3) is 3.99. The van der Waals surface area contributed by atoms with Gasteiger partial charge in [0.05, 0.1) is 0 Å². The summed E-state index contributed by atoms with van der Waals surface area (Å²) in [6, 6.07) is 9.53. The highest BCUT2D eigenvalue weighted by Gasteiger charge is 2.35. The fourth-order valence-corrected chi connectivity index (χ4v) is 4.78. The van der Waals surface area contributed by atoms with Gasteiger partial charge in [0.15, 0.2) is 0 Å². The van der Waals surface area contributed by atoms with E-state index in [1.54, 1.807) is 6.07 Å². The van der Waals surface area contributed by atoms with Gasteiger partial charge in [-0.05, 0) is 86.0 Å². The molecule has 0 unspecified atom stereocenters. The van der Waals surface area contributed by atoms with Crippen molar-refractivity contribution in [3.63, 3.8) is 0 Å². The predicted octanol–water partition coefficient (Wildman–Crippen LogP) is 4.02. The van der Waals surface area contributed by atoms with Crippen molar-refractivity contribution in [3.8, 4) is 5.75 Å². The number of carbonyl (C=O) groups is 1. The zero-order valence-electron chi connectivity index (χ0n) is 17.9. The maximum atomic E-state index is 12.7. The maximum Gasteiger partial charge on any atom is 0.272 e. The van der Waals surface area contributed by atoms with E-state index >= 15 is 0 Å². The Hall–Kier alpha value is -2.66. The molecule has 30 heavy (non-hydrogen) atoms. The number of pyridine rings is 1. The van der Waals surface area contributed by atoms with E-state index in [-0.39, 0.29) is 17.1 Å². The molecule has 0 bridgehead atoms. The Bertz CT molecular complexity index is 943. The summed E-state index contributed by atoms with van der Waals surface area (Å²) >= 11 is 0. The van der Waals surface area contributed by atoms with E-state index in [1.165, 1.54) is 5.56 Å². The second kappa shape index (κ2) is 8.60. The summed E-state index contributed by atoms with van der Waals surface area (Å²) in [5, 5.41) is 13.6. The van der Waals surface area contributed by atoms with Crippen molar-refractivity contribution < 1.29 is 9.90 Å². The van der Waals surface area contributed by atoms with Crippen LogP contribution in [0.2, 0.25) is 0 Å². The number of carbonyl (C=O) groups excluding carboxylic acids is 1. The van der Waals surface area contributed by atoms with Gasteiger partial charge < -0.3 is 15.3 Å². The number of hydrogen-bond acceptors (Lipinski definition) is 4. The third-order valence-electron chi connectivity index (χ3n) is 6.43. The third-order valence-corrected chi connectivity index (χ3v) is 6.43. The number of benzene rings is 1. The predicted molar refractivity (Wildman–Crippen MR) is 120 cm³/mol. The van der Waals surface area contributed by atoms with E-state index in [0.717, 1.165) is 62.0 Å². The van der Waals surface area contributed by atoms with E-state index in [2.05, 4.69) is 29.4 Å². The Kier molecular flexibility index (Phi) is 5.91. The summed E-state index contributed by atoms with van der Waals surface area (Å²) in [6.07, 6.45) is 8.34. The number of fused-ring (bicyclic) bond motifs is 1. The molecule has 1 aliphatic carbocycles. The molecule has 2 heterocycles. The van der Waals surface area contributed by atoms with Crippen LogP contribution in [-0.4, -0.2) is 47.1 Å². The number of rotatable bonds is 5. The van der Waals surface area contributed by atoms with Crippen LogP contribution in [0.1, 0.15) is 60.3 Å². The van der Waals surface area contributed by atoms with Crippen LogP contribution in [0.25, 0.3) is 5.57 Å². The lowest BCUT2D eigenvalue weighted by molar-refractivity contribution is 0.0758. The van der Waals surface area contributed by atoms with Gasteiger partial charge in [0.2, 0.25) is 0 Å². The zero-order chi connectivity index (χ0) is 21.1. The van der Waals surface area contributed by atoms with Gasteiger partial charge in [-0.25, -0.2) is 0 Å². The van der Waals surface area contributed by atoms with Crippen LogP contribution in [0.5, 0.6) is 5.75 Å². The lowest BCUT2D eigenvalue weighted by Crippen LogP contribution is -2.38. The highest BCUT2D eigenvalue weighted by atomic mass is 16.3. The van der Waals surface area contributed by atoms with Crippen molar-refractivity contribution in [2.75, 3.05) is 26.2 Å². The SMILES string of the molecule is CCCN(CC)C(=O)c1ccc(C2=CC3(CCNCC3)Cc3ccc(O)cc32)cn1. The fourth-order valence-electron chi connectivity index (χ4n) is 4.78. The normalized spacial score (nSPS) is 17.3. The number of piperidine rings is 1. The summed E-state index contributed by atoms with van der Waals surface area (Å²) < 4.78 is 0. The highest BCUT2D eigenvalue weighted by molar-refractivity contribution is 5.93. The van der Waals surface area contributed by atoms with Gasteiger partial charge >= 0.3 is 0 Å². The maximum absolute atomic E-state index is 12.7. The first-order valence-corrected chi connectivity index (χ1v) is 11.1. The van der Waals surface area contributed by atoms with Crippen LogP contribution in [0.15, 0.2) is 42.6 Å². The van der Waals surface area contributed by atoms with Gasteiger partial charge in [-0.3, -0.25) is 9.78 Å². The number of aromatic hydroxyl groups is 1. The molecule has 0 atom stereocenters. The van der Waals surface area contributed by atoms with Crippen molar-refractivity contribution >= 4 is 11.5 Å². The van der Waals surface area contributed by atoms with Crippen LogP contribution in [0.4, 0.5) is 0 Å².